The second-order valence-electron chi connectivity index (χ2n) is 9.44. The molecule has 3 aliphatic rings. The number of nitrogens with zero attached hydrogens (tertiary/aromatic N) is 1. The molecule has 2 N–H and O–H groups in total. The molecule has 2 aromatic carbocycles. The monoisotopic (exact) mass is 481 g/mol. The Balaban J connectivity index is 1.52. The topological polar surface area (TPSA) is 87.7 Å². The van der Waals surface area contributed by atoms with Crippen LogP contribution in [-0.2, 0) is 19.8 Å². The molecule has 3 heterocycles. The Kier molecular flexibility index (Phi) is 6.08. The van der Waals surface area contributed by atoms with Crippen LogP contribution < -0.4 is 15.4 Å². The summed E-state index contributed by atoms with van der Waals surface area (Å²) in [6.45, 7) is 4.03. The van der Waals surface area contributed by atoms with Crippen molar-refractivity contribution in [2.45, 2.75) is 50.2 Å². The van der Waals surface area contributed by atoms with E-state index < -0.39 is 11.5 Å². The van der Waals surface area contributed by atoms with Crippen LogP contribution >= 0.6 is 11.6 Å². The molecule has 0 bridgehead atoms. The van der Waals surface area contributed by atoms with E-state index >= 15 is 0 Å². The van der Waals surface area contributed by atoms with Gasteiger partial charge in [0.25, 0.3) is 0 Å². The zero-order valence-electron chi connectivity index (χ0n) is 19.1. The molecular weight excluding hydrogens is 454 g/mol. The van der Waals surface area contributed by atoms with Crippen LogP contribution in [0.15, 0.2) is 36.4 Å². The molecule has 7 nitrogen and oxygen atoms in total. The lowest BCUT2D eigenvalue weighted by Crippen LogP contribution is -2.52. The lowest BCUT2D eigenvalue weighted by molar-refractivity contribution is -0.130. The fourth-order valence-corrected chi connectivity index (χ4v) is 5.72. The lowest BCUT2D eigenvalue weighted by atomic mass is 9.67. The number of amides is 2. The number of carbonyl (C=O) groups is 3. The average Bonchev–Trinajstić information content (AvgIpc) is 3.08. The molecule has 5 rings (SSSR count). The Morgan fingerprint density at radius 2 is 1.97 bits per heavy atom. The maximum absolute atomic E-state index is 13.5. The highest BCUT2D eigenvalue weighted by Gasteiger charge is 2.56. The number of nitrogens with one attached hydrogen (secondary N) is 2. The first-order valence-corrected chi connectivity index (χ1v) is 12.1. The van der Waals surface area contributed by atoms with Crippen LogP contribution in [-0.4, -0.2) is 48.7 Å². The van der Waals surface area contributed by atoms with Gasteiger partial charge >= 0.3 is 0 Å². The Morgan fingerprint density at radius 1 is 1.18 bits per heavy atom. The fourth-order valence-electron chi connectivity index (χ4n) is 5.55. The van der Waals surface area contributed by atoms with Crippen molar-refractivity contribution in [3.63, 3.8) is 0 Å². The van der Waals surface area contributed by atoms with Gasteiger partial charge in [-0.1, -0.05) is 35.4 Å². The maximum Gasteiger partial charge on any atom is 0.237 e. The standard InChI is InChI=1S/C26H28ClN3O4/c1-16-2-5-22(34-18-7-10-30(11-8-18)12-13-31)19(14-16)24-26(9-6-23(32)29-24)20-4-3-17(27)15-21(20)28-25(26)33/h2-5,13-15,18,24H,6-12H2,1H3,(H,28,33)(H,29,32)/t24-,26-/m1/s1. The van der Waals surface area contributed by atoms with Gasteiger partial charge in [-0.2, -0.15) is 0 Å². The number of ether oxygens (including phenoxy) is 1. The number of rotatable bonds is 5. The summed E-state index contributed by atoms with van der Waals surface area (Å²) in [6.07, 6.45) is 3.23. The van der Waals surface area contributed by atoms with Gasteiger partial charge in [0.05, 0.1) is 12.6 Å². The minimum atomic E-state index is -0.937. The van der Waals surface area contributed by atoms with E-state index in [4.69, 9.17) is 16.3 Å². The van der Waals surface area contributed by atoms with Crippen LogP contribution in [0.25, 0.3) is 0 Å². The van der Waals surface area contributed by atoms with E-state index in [1.165, 1.54) is 0 Å². The van der Waals surface area contributed by atoms with Crippen molar-refractivity contribution in [1.82, 2.24) is 10.2 Å². The molecule has 178 valence electrons. The second kappa shape index (κ2) is 9.04. The number of carbonyl (C=O) groups excluding carboxylic acids is 3. The molecule has 2 fully saturated rings. The van der Waals surface area contributed by atoms with Crippen molar-refractivity contribution >= 4 is 35.4 Å². The van der Waals surface area contributed by atoms with Crippen LogP contribution in [0, 0.1) is 6.92 Å². The number of halogens is 1. The van der Waals surface area contributed by atoms with Gasteiger partial charge in [-0.05, 0) is 49.9 Å². The third-order valence-electron chi connectivity index (χ3n) is 7.30. The zero-order chi connectivity index (χ0) is 23.9. The average molecular weight is 482 g/mol. The molecule has 1 spiro atoms. The van der Waals surface area contributed by atoms with Gasteiger partial charge < -0.3 is 20.2 Å². The Morgan fingerprint density at radius 3 is 2.74 bits per heavy atom. The van der Waals surface area contributed by atoms with Crippen LogP contribution in [0.1, 0.15) is 48.4 Å². The van der Waals surface area contributed by atoms with E-state index in [9.17, 15) is 14.4 Å². The number of hydrogen-bond acceptors (Lipinski definition) is 5. The third kappa shape index (κ3) is 3.97. The smallest absolute Gasteiger partial charge is 0.237 e. The predicted molar refractivity (Wildman–Crippen MR) is 129 cm³/mol. The Bertz CT molecular complexity index is 1140. The van der Waals surface area contributed by atoms with E-state index in [0.29, 0.717) is 29.4 Å². The molecule has 2 aromatic rings. The minimum absolute atomic E-state index is 0.00287. The number of likely N-dealkylation sites (tertiary alicyclic amines) is 1. The first-order valence-electron chi connectivity index (χ1n) is 11.7. The van der Waals surface area contributed by atoms with Gasteiger partial charge in [-0.25, -0.2) is 0 Å². The first-order chi connectivity index (χ1) is 16.4. The minimum Gasteiger partial charge on any atom is -0.490 e. The summed E-state index contributed by atoms with van der Waals surface area (Å²) >= 11 is 6.20. The molecule has 2 saturated heterocycles. The zero-order valence-corrected chi connectivity index (χ0v) is 19.9. The van der Waals surface area contributed by atoms with Gasteiger partial charge in [0, 0.05) is 35.8 Å². The van der Waals surface area contributed by atoms with Gasteiger partial charge in [0.15, 0.2) is 0 Å². The molecule has 0 radical (unpaired) electrons. The molecule has 34 heavy (non-hydrogen) atoms. The molecule has 0 aliphatic carbocycles. The normalized spacial score (nSPS) is 25.1. The number of piperidine rings is 2. The number of anilines is 1. The van der Waals surface area contributed by atoms with Crippen molar-refractivity contribution in [2.24, 2.45) is 0 Å². The van der Waals surface area contributed by atoms with E-state index in [-0.39, 0.29) is 24.3 Å². The summed E-state index contributed by atoms with van der Waals surface area (Å²) in [5, 5.41) is 6.67. The number of aldehydes is 1. The van der Waals surface area contributed by atoms with Gasteiger partial charge in [0.1, 0.15) is 23.6 Å². The molecule has 0 unspecified atom stereocenters. The van der Waals surface area contributed by atoms with Crippen LogP contribution in [0.2, 0.25) is 5.02 Å². The van der Waals surface area contributed by atoms with Crippen molar-refractivity contribution in [3.8, 4) is 5.75 Å². The summed E-state index contributed by atoms with van der Waals surface area (Å²) < 4.78 is 6.48. The summed E-state index contributed by atoms with van der Waals surface area (Å²) in [5.74, 6) is 0.464. The number of aryl methyl sites for hydroxylation is 1. The Labute approximate surface area is 203 Å². The van der Waals surface area contributed by atoms with E-state index in [1.54, 1.807) is 12.1 Å². The van der Waals surface area contributed by atoms with Gasteiger partial charge in [-0.15, -0.1) is 0 Å². The highest BCUT2D eigenvalue weighted by molar-refractivity contribution is 6.31. The van der Waals surface area contributed by atoms with Crippen molar-refractivity contribution in [2.75, 3.05) is 25.0 Å². The molecule has 0 aromatic heterocycles. The quantitative estimate of drug-likeness (QED) is 0.638. The summed E-state index contributed by atoms with van der Waals surface area (Å²) in [6, 6.07) is 10.8. The third-order valence-corrected chi connectivity index (χ3v) is 7.53. The highest BCUT2D eigenvalue weighted by Crippen LogP contribution is 2.52. The first kappa shape index (κ1) is 22.9. The molecule has 3 aliphatic heterocycles. The summed E-state index contributed by atoms with van der Waals surface area (Å²) in [7, 11) is 0. The van der Waals surface area contributed by atoms with Crippen LogP contribution in [0.3, 0.4) is 0 Å². The van der Waals surface area contributed by atoms with Crippen LogP contribution in [0.4, 0.5) is 5.69 Å². The largest absolute Gasteiger partial charge is 0.490 e. The number of fused-ring (bicyclic) bond motifs is 2. The summed E-state index contributed by atoms with van der Waals surface area (Å²) in [4.78, 5) is 39.1. The number of hydrogen-bond donors (Lipinski definition) is 2. The van der Waals surface area contributed by atoms with Crippen LogP contribution in [0.5, 0.6) is 5.75 Å². The molecule has 0 saturated carbocycles. The SMILES string of the molecule is Cc1ccc(OC2CCN(CC=O)CC2)c([C@H]2NC(=O)CC[C@]23C(=O)Nc2cc(Cl)ccc23)c1. The van der Waals surface area contributed by atoms with Gasteiger partial charge in [-0.3, -0.25) is 14.5 Å². The fraction of sp³-hybridized carbons (Fsp3) is 0.423. The molecule has 2 atom stereocenters. The Hall–Kier alpha value is -2.90. The number of benzene rings is 2. The second-order valence-corrected chi connectivity index (χ2v) is 9.88. The summed E-state index contributed by atoms with van der Waals surface area (Å²) in [5.41, 5.74) is 2.43. The van der Waals surface area contributed by atoms with E-state index in [2.05, 4.69) is 15.5 Å². The van der Waals surface area contributed by atoms with E-state index in [0.717, 1.165) is 48.9 Å². The molecule has 8 heteroatoms. The predicted octanol–water partition coefficient (Wildman–Crippen LogP) is 3.53. The highest BCUT2D eigenvalue weighted by atomic mass is 35.5. The maximum atomic E-state index is 13.5. The van der Waals surface area contributed by atoms with Gasteiger partial charge in [0.2, 0.25) is 11.8 Å². The lowest BCUT2D eigenvalue weighted by Gasteiger charge is -2.41. The van der Waals surface area contributed by atoms with Crippen molar-refractivity contribution < 1.29 is 19.1 Å². The van der Waals surface area contributed by atoms with E-state index in [1.807, 2.05) is 31.2 Å². The van der Waals surface area contributed by atoms with Crippen molar-refractivity contribution in [3.05, 3.63) is 58.1 Å². The molecular formula is C26H28ClN3O4. The van der Waals surface area contributed by atoms with Crippen molar-refractivity contribution in [1.29, 1.82) is 0 Å². The molecule has 2 amide bonds.